The van der Waals surface area contributed by atoms with E-state index in [4.69, 9.17) is 0 Å². The molecule has 0 saturated carbocycles. The molecular weight excluding hydrogens is 238 g/mol. The number of H-pyrrole nitrogens is 2. The SMILES string of the molecule is Cc1cc(CC(=O)Nc2c[nH]c3ccccc23)c[nH]1. The third kappa shape index (κ3) is 2.38. The van der Waals surface area contributed by atoms with Crippen LogP contribution in [0.1, 0.15) is 11.3 Å². The summed E-state index contributed by atoms with van der Waals surface area (Å²) in [6.45, 7) is 1.97. The molecule has 1 amide bonds. The lowest BCUT2D eigenvalue weighted by molar-refractivity contribution is -0.115. The third-order valence-corrected chi connectivity index (χ3v) is 3.12. The number of aromatic nitrogens is 2. The molecule has 3 aromatic rings. The minimum atomic E-state index is -0.0104. The van der Waals surface area contributed by atoms with E-state index >= 15 is 0 Å². The molecule has 3 rings (SSSR count). The number of aromatic amines is 2. The van der Waals surface area contributed by atoms with E-state index in [1.165, 1.54) is 0 Å². The van der Waals surface area contributed by atoms with Gasteiger partial charge in [0, 0.05) is 29.0 Å². The summed E-state index contributed by atoms with van der Waals surface area (Å²) in [5.74, 6) is -0.0104. The van der Waals surface area contributed by atoms with E-state index in [0.29, 0.717) is 6.42 Å². The van der Waals surface area contributed by atoms with Crippen LogP contribution in [0.2, 0.25) is 0 Å². The number of para-hydroxylation sites is 1. The molecule has 0 aliphatic heterocycles. The topological polar surface area (TPSA) is 60.7 Å². The second-order valence-electron chi connectivity index (χ2n) is 4.66. The van der Waals surface area contributed by atoms with Gasteiger partial charge in [0.2, 0.25) is 5.91 Å². The first-order valence-corrected chi connectivity index (χ1v) is 6.22. The summed E-state index contributed by atoms with van der Waals surface area (Å²) < 4.78 is 0. The number of amides is 1. The molecular formula is C15H15N3O. The molecule has 19 heavy (non-hydrogen) atoms. The van der Waals surface area contributed by atoms with Gasteiger partial charge in [-0.1, -0.05) is 18.2 Å². The fourth-order valence-corrected chi connectivity index (χ4v) is 2.22. The zero-order valence-electron chi connectivity index (χ0n) is 10.7. The summed E-state index contributed by atoms with van der Waals surface area (Å²) in [5, 5.41) is 3.97. The number of rotatable bonds is 3. The van der Waals surface area contributed by atoms with Gasteiger partial charge in [-0.05, 0) is 24.6 Å². The van der Waals surface area contributed by atoms with Crippen LogP contribution >= 0.6 is 0 Å². The van der Waals surface area contributed by atoms with Gasteiger partial charge in [0.15, 0.2) is 0 Å². The summed E-state index contributed by atoms with van der Waals surface area (Å²) in [6.07, 6.45) is 4.07. The number of hydrogen-bond acceptors (Lipinski definition) is 1. The Morgan fingerprint density at radius 1 is 1.21 bits per heavy atom. The molecule has 0 aliphatic rings. The van der Waals surface area contributed by atoms with E-state index in [9.17, 15) is 4.79 Å². The third-order valence-electron chi connectivity index (χ3n) is 3.12. The standard InChI is InChI=1S/C15H15N3O/c1-10-6-11(8-16-10)7-15(19)18-14-9-17-13-5-3-2-4-12(13)14/h2-6,8-9,16-17H,7H2,1H3,(H,18,19). The highest BCUT2D eigenvalue weighted by atomic mass is 16.1. The monoisotopic (exact) mass is 253 g/mol. The second-order valence-corrected chi connectivity index (χ2v) is 4.66. The Morgan fingerprint density at radius 3 is 2.84 bits per heavy atom. The van der Waals surface area contributed by atoms with Crippen LogP contribution in [0, 0.1) is 6.92 Å². The number of carbonyl (C=O) groups excluding carboxylic acids is 1. The van der Waals surface area contributed by atoms with Gasteiger partial charge in [-0.15, -0.1) is 0 Å². The minimum absolute atomic E-state index is 0.0104. The maximum Gasteiger partial charge on any atom is 0.228 e. The van der Waals surface area contributed by atoms with Crippen LogP contribution in [0.3, 0.4) is 0 Å². The van der Waals surface area contributed by atoms with Crippen molar-refractivity contribution in [2.75, 3.05) is 5.32 Å². The fraction of sp³-hybridized carbons (Fsp3) is 0.133. The van der Waals surface area contributed by atoms with E-state index in [0.717, 1.165) is 27.8 Å². The average Bonchev–Trinajstić information content (AvgIpc) is 2.97. The Kier molecular flexibility index (Phi) is 2.83. The van der Waals surface area contributed by atoms with E-state index in [-0.39, 0.29) is 5.91 Å². The van der Waals surface area contributed by atoms with Crippen LogP contribution in [-0.4, -0.2) is 15.9 Å². The van der Waals surface area contributed by atoms with Crippen LogP contribution in [0.5, 0.6) is 0 Å². The molecule has 0 atom stereocenters. The predicted molar refractivity (Wildman–Crippen MR) is 76.2 cm³/mol. The molecule has 4 heteroatoms. The summed E-state index contributed by atoms with van der Waals surface area (Å²) in [4.78, 5) is 18.2. The van der Waals surface area contributed by atoms with E-state index in [2.05, 4.69) is 15.3 Å². The Labute approximate surface area is 110 Å². The van der Waals surface area contributed by atoms with Crippen LogP contribution in [0.4, 0.5) is 5.69 Å². The van der Waals surface area contributed by atoms with Crippen molar-refractivity contribution in [2.24, 2.45) is 0 Å². The number of hydrogen-bond donors (Lipinski definition) is 3. The molecule has 2 aromatic heterocycles. The lowest BCUT2D eigenvalue weighted by atomic mass is 10.2. The molecule has 4 nitrogen and oxygen atoms in total. The first-order valence-electron chi connectivity index (χ1n) is 6.22. The van der Waals surface area contributed by atoms with Crippen molar-refractivity contribution in [3.63, 3.8) is 0 Å². The van der Waals surface area contributed by atoms with Crippen molar-refractivity contribution < 1.29 is 4.79 Å². The molecule has 2 heterocycles. The van der Waals surface area contributed by atoms with E-state index < -0.39 is 0 Å². The summed E-state index contributed by atoms with van der Waals surface area (Å²) in [6, 6.07) is 9.88. The van der Waals surface area contributed by atoms with Gasteiger partial charge in [0.05, 0.1) is 12.1 Å². The number of benzene rings is 1. The molecule has 3 N–H and O–H groups in total. The van der Waals surface area contributed by atoms with Gasteiger partial charge in [-0.2, -0.15) is 0 Å². The van der Waals surface area contributed by atoms with Gasteiger partial charge in [-0.3, -0.25) is 4.79 Å². The van der Waals surface area contributed by atoms with Crippen LogP contribution in [0.25, 0.3) is 10.9 Å². The normalized spacial score (nSPS) is 10.8. The van der Waals surface area contributed by atoms with E-state index in [1.54, 1.807) is 0 Å². The molecule has 1 aromatic carbocycles. The number of fused-ring (bicyclic) bond motifs is 1. The zero-order valence-corrected chi connectivity index (χ0v) is 10.7. The smallest absolute Gasteiger partial charge is 0.228 e. The number of aryl methyl sites for hydroxylation is 1. The number of carbonyl (C=O) groups is 1. The molecule has 96 valence electrons. The maximum atomic E-state index is 12.0. The second kappa shape index (κ2) is 4.65. The number of nitrogens with one attached hydrogen (secondary N) is 3. The van der Waals surface area contributed by atoms with Gasteiger partial charge in [0.1, 0.15) is 0 Å². The van der Waals surface area contributed by atoms with Gasteiger partial charge >= 0.3 is 0 Å². The first-order chi connectivity index (χ1) is 9.22. The van der Waals surface area contributed by atoms with Crippen molar-refractivity contribution in [1.82, 2.24) is 9.97 Å². The van der Waals surface area contributed by atoms with Crippen molar-refractivity contribution in [3.05, 3.63) is 54.0 Å². The van der Waals surface area contributed by atoms with Crippen molar-refractivity contribution in [2.45, 2.75) is 13.3 Å². The largest absolute Gasteiger partial charge is 0.365 e. The van der Waals surface area contributed by atoms with Crippen molar-refractivity contribution in [3.8, 4) is 0 Å². The van der Waals surface area contributed by atoms with Gasteiger partial charge in [0.25, 0.3) is 0 Å². The Balaban J connectivity index is 1.76. The predicted octanol–water partition coefficient (Wildman–Crippen LogP) is 2.99. The quantitative estimate of drug-likeness (QED) is 0.660. The van der Waals surface area contributed by atoms with E-state index in [1.807, 2.05) is 49.6 Å². The highest BCUT2D eigenvalue weighted by molar-refractivity contribution is 6.02. The summed E-state index contributed by atoms with van der Waals surface area (Å²) in [5.41, 5.74) is 3.91. The van der Waals surface area contributed by atoms with Crippen LogP contribution in [0.15, 0.2) is 42.7 Å². The average molecular weight is 253 g/mol. The highest BCUT2D eigenvalue weighted by Crippen LogP contribution is 2.22. The Morgan fingerprint density at radius 2 is 2.05 bits per heavy atom. The Hall–Kier alpha value is -2.49. The molecule has 0 bridgehead atoms. The lowest BCUT2D eigenvalue weighted by Gasteiger charge is -2.02. The summed E-state index contributed by atoms with van der Waals surface area (Å²) >= 11 is 0. The van der Waals surface area contributed by atoms with Gasteiger partial charge < -0.3 is 15.3 Å². The number of anilines is 1. The van der Waals surface area contributed by atoms with Gasteiger partial charge in [-0.25, -0.2) is 0 Å². The molecule has 0 fully saturated rings. The zero-order chi connectivity index (χ0) is 13.2. The van der Waals surface area contributed by atoms with Crippen LogP contribution in [-0.2, 0) is 11.2 Å². The minimum Gasteiger partial charge on any atom is -0.365 e. The molecule has 0 aliphatic carbocycles. The molecule has 0 saturated heterocycles. The molecule has 0 unspecified atom stereocenters. The lowest BCUT2D eigenvalue weighted by Crippen LogP contribution is -2.13. The van der Waals surface area contributed by atoms with Crippen molar-refractivity contribution >= 4 is 22.5 Å². The highest BCUT2D eigenvalue weighted by Gasteiger charge is 2.08. The first kappa shape index (κ1) is 11.6. The van der Waals surface area contributed by atoms with Crippen LogP contribution < -0.4 is 5.32 Å². The fourth-order valence-electron chi connectivity index (χ4n) is 2.22. The molecule has 0 radical (unpaired) electrons. The molecule has 0 spiro atoms. The maximum absolute atomic E-state index is 12.0. The van der Waals surface area contributed by atoms with Crippen molar-refractivity contribution in [1.29, 1.82) is 0 Å². The summed E-state index contributed by atoms with van der Waals surface area (Å²) in [7, 11) is 0. The Bertz CT molecular complexity index is 724.